The third kappa shape index (κ3) is 60.9. The molecule has 0 rings (SSSR count). The number of aliphatic hydroxyl groups excluding tert-OH is 1. The molecule has 0 fully saturated rings. The number of hydrogen-bond acceptors (Lipinski definition) is 5. The van der Waals surface area contributed by atoms with Crippen molar-refractivity contribution in [3.63, 3.8) is 0 Å². The van der Waals surface area contributed by atoms with Gasteiger partial charge < -0.3 is 14.6 Å². The van der Waals surface area contributed by atoms with E-state index >= 15 is 0 Å². The lowest BCUT2D eigenvalue weighted by Gasteiger charge is -2.15. The van der Waals surface area contributed by atoms with Crippen LogP contribution in [0, 0.1) is 0 Å². The van der Waals surface area contributed by atoms with E-state index in [1.165, 1.54) is 167 Å². The van der Waals surface area contributed by atoms with Gasteiger partial charge in [-0.1, -0.05) is 289 Å². The summed E-state index contributed by atoms with van der Waals surface area (Å²) in [5, 5.41) is 9.65. The number of esters is 2. The minimum Gasteiger partial charge on any atom is -0.462 e. The Kier molecular flexibility index (Phi) is 60.4. The maximum Gasteiger partial charge on any atom is 0.306 e. The fourth-order valence-electron chi connectivity index (χ4n) is 8.61. The van der Waals surface area contributed by atoms with E-state index in [9.17, 15) is 14.7 Å². The molecule has 0 radical (unpaired) electrons. The standard InChI is InChI=1S/C69H116O5/c1-3-5-7-9-11-13-15-17-19-21-23-25-27-28-29-30-31-32-33-34-35-36-37-38-39-40-42-43-45-47-49-51-53-55-57-59-61-63-68(71)73-66-67(65-70)74-69(72)64-62-60-58-56-54-52-50-48-46-44-41-26-24-22-20-18-16-14-12-10-8-6-4-2/h6,8,12,14-15,17-18,20-21,23-24,26-28,44,46,50,52,56,58,67,70H,3-5,7,9-11,13,16,19,22,25,29-43,45,47-49,51,53-55,57,59-66H2,1-2H3/b8-6-,14-12-,17-15-,20-18-,23-21-,26-24-,28-27-,46-44-,52-50-,58-56-. The monoisotopic (exact) mass is 1020 g/mol. The Balaban J connectivity index is 3.52. The van der Waals surface area contributed by atoms with Gasteiger partial charge in [0.2, 0.25) is 0 Å². The lowest BCUT2D eigenvalue weighted by molar-refractivity contribution is -0.161. The van der Waals surface area contributed by atoms with E-state index in [1.807, 2.05) is 0 Å². The molecule has 0 aliphatic carbocycles. The molecule has 5 heteroatoms. The SMILES string of the molecule is CC/C=C\C/C=C\C/C=C\C/C=C\C/C=C\C/C=C\C/C=C\CCCC(=O)OC(CO)COC(=O)CCCCCCCCCCCCCCCCCCCCCCCC/C=C\C/C=C\C/C=C\CCCCCCC. The van der Waals surface area contributed by atoms with Crippen LogP contribution in [0.4, 0.5) is 0 Å². The summed E-state index contributed by atoms with van der Waals surface area (Å²) >= 11 is 0. The van der Waals surface area contributed by atoms with Gasteiger partial charge in [-0.15, -0.1) is 0 Å². The van der Waals surface area contributed by atoms with Gasteiger partial charge in [-0.3, -0.25) is 9.59 Å². The third-order valence-corrected chi connectivity index (χ3v) is 13.2. The van der Waals surface area contributed by atoms with Crippen LogP contribution < -0.4 is 0 Å². The normalized spacial score (nSPS) is 13.1. The number of hydrogen-bond donors (Lipinski definition) is 1. The number of aliphatic hydroxyl groups is 1. The van der Waals surface area contributed by atoms with Crippen LogP contribution in [0.25, 0.3) is 0 Å². The first-order valence-electron chi connectivity index (χ1n) is 31.1. The third-order valence-electron chi connectivity index (χ3n) is 13.2. The molecule has 5 nitrogen and oxygen atoms in total. The largest absolute Gasteiger partial charge is 0.462 e. The van der Waals surface area contributed by atoms with Crippen molar-refractivity contribution in [3.05, 3.63) is 122 Å². The van der Waals surface area contributed by atoms with Crippen molar-refractivity contribution in [3.8, 4) is 0 Å². The van der Waals surface area contributed by atoms with Crippen LogP contribution in [0.15, 0.2) is 122 Å². The number of unbranched alkanes of at least 4 members (excludes halogenated alkanes) is 28. The van der Waals surface area contributed by atoms with Crippen molar-refractivity contribution in [2.24, 2.45) is 0 Å². The molecule has 0 bridgehead atoms. The van der Waals surface area contributed by atoms with Crippen LogP contribution in [0.1, 0.15) is 284 Å². The molecular formula is C69H116O5. The van der Waals surface area contributed by atoms with Crippen molar-refractivity contribution in [1.29, 1.82) is 0 Å². The lowest BCUT2D eigenvalue weighted by atomic mass is 10.0. The van der Waals surface area contributed by atoms with Gasteiger partial charge in [0.05, 0.1) is 6.61 Å². The first-order valence-corrected chi connectivity index (χ1v) is 31.1. The molecule has 74 heavy (non-hydrogen) atoms. The Morgan fingerprint density at radius 1 is 0.324 bits per heavy atom. The maximum absolute atomic E-state index is 12.3. The van der Waals surface area contributed by atoms with Crippen LogP contribution in [-0.2, 0) is 19.1 Å². The van der Waals surface area contributed by atoms with Crippen LogP contribution in [-0.4, -0.2) is 36.4 Å². The summed E-state index contributed by atoms with van der Waals surface area (Å²) in [6.07, 6.45) is 93.5. The average molecular weight is 1030 g/mol. The summed E-state index contributed by atoms with van der Waals surface area (Å²) in [6.45, 7) is 3.98. The predicted molar refractivity (Wildman–Crippen MR) is 325 cm³/mol. The van der Waals surface area contributed by atoms with E-state index in [-0.39, 0.29) is 31.6 Å². The topological polar surface area (TPSA) is 72.8 Å². The fourth-order valence-corrected chi connectivity index (χ4v) is 8.61. The Morgan fingerprint density at radius 3 is 0.919 bits per heavy atom. The molecule has 422 valence electrons. The van der Waals surface area contributed by atoms with E-state index < -0.39 is 6.10 Å². The Hall–Kier alpha value is -3.70. The van der Waals surface area contributed by atoms with E-state index in [0.717, 1.165) is 83.5 Å². The molecule has 1 N–H and O–H groups in total. The zero-order valence-corrected chi connectivity index (χ0v) is 48.3. The average Bonchev–Trinajstić information content (AvgIpc) is 3.40. The van der Waals surface area contributed by atoms with E-state index in [4.69, 9.17) is 9.47 Å². The minimum absolute atomic E-state index is 0.0937. The highest BCUT2D eigenvalue weighted by Gasteiger charge is 2.16. The maximum atomic E-state index is 12.3. The highest BCUT2D eigenvalue weighted by molar-refractivity contribution is 5.70. The Bertz CT molecular complexity index is 1490. The molecule has 0 saturated carbocycles. The van der Waals surface area contributed by atoms with E-state index in [2.05, 4.69) is 135 Å². The van der Waals surface area contributed by atoms with E-state index in [0.29, 0.717) is 12.8 Å². The second-order valence-electron chi connectivity index (χ2n) is 20.4. The summed E-state index contributed by atoms with van der Waals surface area (Å²) in [7, 11) is 0. The zero-order valence-electron chi connectivity index (χ0n) is 48.3. The molecule has 0 saturated heterocycles. The number of carbonyl (C=O) groups is 2. The summed E-state index contributed by atoms with van der Waals surface area (Å²) < 4.78 is 10.7. The van der Waals surface area contributed by atoms with Crippen LogP contribution >= 0.6 is 0 Å². The van der Waals surface area contributed by atoms with Crippen LogP contribution in [0.2, 0.25) is 0 Å². The highest BCUT2D eigenvalue weighted by Crippen LogP contribution is 2.16. The molecule has 0 aromatic heterocycles. The van der Waals surface area contributed by atoms with Crippen molar-refractivity contribution in [2.45, 2.75) is 290 Å². The van der Waals surface area contributed by atoms with Gasteiger partial charge >= 0.3 is 11.9 Å². The van der Waals surface area contributed by atoms with Crippen molar-refractivity contribution in [2.75, 3.05) is 13.2 Å². The lowest BCUT2D eigenvalue weighted by Crippen LogP contribution is -2.28. The molecule has 0 heterocycles. The molecule has 0 spiro atoms. The molecule has 0 aromatic carbocycles. The van der Waals surface area contributed by atoms with Crippen LogP contribution in [0.3, 0.4) is 0 Å². The van der Waals surface area contributed by atoms with Gasteiger partial charge in [-0.05, 0) is 103 Å². The second-order valence-corrected chi connectivity index (χ2v) is 20.4. The van der Waals surface area contributed by atoms with E-state index in [1.54, 1.807) is 0 Å². The minimum atomic E-state index is -0.810. The van der Waals surface area contributed by atoms with Gasteiger partial charge in [0.1, 0.15) is 6.61 Å². The molecule has 0 aliphatic heterocycles. The first kappa shape index (κ1) is 70.3. The number of rotatable bonds is 56. The number of allylic oxidation sites excluding steroid dienone is 20. The van der Waals surface area contributed by atoms with Crippen molar-refractivity contribution in [1.82, 2.24) is 0 Å². The molecule has 1 atom stereocenters. The van der Waals surface area contributed by atoms with Gasteiger partial charge in [-0.2, -0.15) is 0 Å². The first-order chi connectivity index (χ1) is 36.6. The predicted octanol–water partition coefficient (Wildman–Crippen LogP) is 21.4. The molecule has 1 unspecified atom stereocenters. The van der Waals surface area contributed by atoms with Crippen LogP contribution in [0.5, 0.6) is 0 Å². The number of carbonyl (C=O) groups excluding carboxylic acids is 2. The summed E-state index contributed by atoms with van der Waals surface area (Å²) in [5.74, 6) is -0.659. The quantitative estimate of drug-likeness (QED) is 0.0373. The summed E-state index contributed by atoms with van der Waals surface area (Å²) in [6, 6.07) is 0. The molecule has 0 aromatic rings. The smallest absolute Gasteiger partial charge is 0.306 e. The Labute approximate surface area is 458 Å². The molecule has 0 aliphatic rings. The summed E-state index contributed by atoms with van der Waals surface area (Å²) in [5.41, 5.74) is 0. The highest BCUT2D eigenvalue weighted by atomic mass is 16.6. The molecular weight excluding hydrogens is 909 g/mol. The van der Waals surface area contributed by atoms with Gasteiger partial charge in [0, 0.05) is 12.8 Å². The molecule has 0 amide bonds. The van der Waals surface area contributed by atoms with Crippen molar-refractivity contribution < 1.29 is 24.2 Å². The second kappa shape index (κ2) is 63.6. The van der Waals surface area contributed by atoms with Gasteiger partial charge in [0.25, 0.3) is 0 Å². The summed E-state index contributed by atoms with van der Waals surface area (Å²) in [4.78, 5) is 24.5. The van der Waals surface area contributed by atoms with Gasteiger partial charge in [0.15, 0.2) is 6.10 Å². The van der Waals surface area contributed by atoms with Crippen molar-refractivity contribution >= 4 is 11.9 Å². The van der Waals surface area contributed by atoms with Gasteiger partial charge in [-0.25, -0.2) is 0 Å². The zero-order chi connectivity index (χ0) is 53.4. The fraction of sp³-hybridized carbons (Fsp3) is 0.681. The Morgan fingerprint density at radius 2 is 0.595 bits per heavy atom. The number of ether oxygens (including phenoxy) is 2.